The molecule has 4 heteroatoms. The van der Waals surface area contributed by atoms with E-state index < -0.39 is 0 Å². The molecule has 0 aliphatic carbocycles. The number of rotatable bonds is 9. The van der Waals surface area contributed by atoms with Crippen LogP contribution >= 0.6 is 0 Å². The largest absolute Gasteiger partial charge is 0.469 e. The number of hydrogen-bond donors (Lipinski definition) is 2. The Hall–Kier alpha value is -1.29. The summed E-state index contributed by atoms with van der Waals surface area (Å²) in [7, 11) is 0. The van der Waals surface area contributed by atoms with Crippen molar-refractivity contribution in [1.82, 2.24) is 5.32 Å². The van der Waals surface area contributed by atoms with Crippen molar-refractivity contribution in [2.75, 3.05) is 6.54 Å². The highest BCUT2D eigenvalue weighted by atomic mass is 16.3. The highest BCUT2D eigenvalue weighted by Crippen LogP contribution is 2.06. The summed E-state index contributed by atoms with van der Waals surface area (Å²) < 4.78 is 5.26. The van der Waals surface area contributed by atoms with Gasteiger partial charge in [-0.25, -0.2) is 0 Å². The van der Waals surface area contributed by atoms with E-state index in [4.69, 9.17) is 10.2 Å². The summed E-state index contributed by atoms with van der Waals surface area (Å²) in [5.41, 5.74) is 5.40. The van der Waals surface area contributed by atoms with Crippen LogP contribution in [0.3, 0.4) is 0 Å². The van der Waals surface area contributed by atoms with Gasteiger partial charge in [0.1, 0.15) is 5.76 Å². The van der Waals surface area contributed by atoms with Crippen LogP contribution in [-0.2, 0) is 11.2 Å². The van der Waals surface area contributed by atoms with Gasteiger partial charge in [-0.1, -0.05) is 6.42 Å². The van der Waals surface area contributed by atoms with Crippen LogP contribution in [0.5, 0.6) is 0 Å². The Bertz CT molecular complexity index is 323. The molecule has 1 amide bonds. The first-order valence-electron chi connectivity index (χ1n) is 6.74. The Labute approximate surface area is 109 Å². The van der Waals surface area contributed by atoms with E-state index in [1.54, 1.807) is 6.26 Å². The highest BCUT2D eigenvalue weighted by Gasteiger charge is 2.07. The molecular formula is C14H24N2O2. The lowest BCUT2D eigenvalue weighted by atomic mass is 10.1. The van der Waals surface area contributed by atoms with Gasteiger partial charge in [-0.2, -0.15) is 0 Å². The topological polar surface area (TPSA) is 68.3 Å². The van der Waals surface area contributed by atoms with Crippen LogP contribution < -0.4 is 11.1 Å². The fraction of sp³-hybridized carbons (Fsp3) is 0.643. The molecule has 0 aromatic carbocycles. The zero-order valence-corrected chi connectivity index (χ0v) is 11.2. The van der Waals surface area contributed by atoms with Crippen LogP contribution in [0.4, 0.5) is 0 Å². The normalized spacial score (nSPS) is 12.3. The lowest BCUT2D eigenvalue weighted by Gasteiger charge is -2.13. The zero-order valence-electron chi connectivity index (χ0n) is 11.2. The van der Waals surface area contributed by atoms with Crippen molar-refractivity contribution in [3.63, 3.8) is 0 Å². The van der Waals surface area contributed by atoms with Crippen molar-refractivity contribution >= 4 is 5.91 Å². The standard InChI is InChI=1S/C14H24N2O2/c1-12(8-9-13-6-5-11-18-13)16-14(17)7-3-2-4-10-15/h5-6,11-12H,2-4,7-10,15H2,1H3,(H,16,17). The van der Waals surface area contributed by atoms with E-state index in [0.717, 1.165) is 37.9 Å². The lowest BCUT2D eigenvalue weighted by molar-refractivity contribution is -0.121. The summed E-state index contributed by atoms with van der Waals surface area (Å²) in [5.74, 6) is 1.11. The summed E-state index contributed by atoms with van der Waals surface area (Å²) in [6, 6.07) is 4.04. The van der Waals surface area contributed by atoms with Crippen LogP contribution in [-0.4, -0.2) is 18.5 Å². The molecule has 1 heterocycles. The first-order valence-corrected chi connectivity index (χ1v) is 6.74. The van der Waals surface area contributed by atoms with Crippen molar-refractivity contribution in [1.29, 1.82) is 0 Å². The molecule has 1 aromatic rings. The van der Waals surface area contributed by atoms with Crippen molar-refractivity contribution in [2.45, 2.75) is 51.5 Å². The summed E-state index contributed by atoms with van der Waals surface area (Å²) in [4.78, 5) is 11.6. The Morgan fingerprint density at radius 1 is 1.44 bits per heavy atom. The predicted octanol–water partition coefficient (Wildman–Crippen LogP) is 2.24. The Balaban J connectivity index is 2.07. The number of nitrogens with two attached hydrogens (primary N) is 1. The smallest absolute Gasteiger partial charge is 0.220 e. The second-order valence-corrected chi connectivity index (χ2v) is 4.69. The first kappa shape index (κ1) is 14.8. The number of nitrogens with one attached hydrogen (secondary N) is 1. The SMILES string of the molecule is CC(CCc1ccco1)NC(=O)CCCCCN. The fourth-order valence-electron chi connectivity index (χ4n) is 1.84. The molecule has 1 aromatic heterocycles. The highest BCUT2D eigenvalue weighted by molar-refractivity contribution is 5.76. The van der Waals surface area contributed by atoms with Gasteiger partial charge in [0.15, 0.2) is 0 Å². The number of furan rings is 1. The molecule has 0 saturated heterocycles. The Morgan fingerprint density at radius 3 is 2.94 bits per heavy atom. The molecule has 0 radical (unpaired) electrons. The molecule has 102 valence electrons. The molecule has 0 aliphatic rings. The van der Waals surface area contributed by atoms with Crippen LogP contribution in [0.1, 0.15) is 44.8 Å². The molecular weight excluding hydrogens is 228 g/mol. The summed E-state index contributed by atoms with van der Waals surface area (Å²) in [6.07, 6.45) is 7.00. The van der Waals surface area contributed by atoms with Crippen molar-refractivity contribution in [3.05, 3.63) is 24.2 Å². The van der Waals surface area contributed by atoms with Crippen LogP contribution in [0.25, 0.3) is 0 Å². The minimum Gasteiger partial charge on any atom is -0.469 e. The third-order valence-corrected chi connectivity index (χ3v) is 2.92. The Kier molecular flexibility index (Phi) is 7.18. The third kappa shape index (κ3) is 6.45. The fourth-order valence-corrected chi connectivity index (χ4v) is 1.84. The minimum atomic E-state index is 0.138. The van der Waals surface area contributed by atoms with Gasteiger partial charge in [0, 0.05) is 18.9 Å². The monoisotopic (exact) mass is 252 g/mol. The van der Waals surface area contributed by atoms with E-state index >= 15 is 0 Å². The van der Waals surface area contributed by atoms with E-state index in [-0.39, 0.29) is 11.9 Å². The number of amides is 1. The molecule has 18 heavy (non-hydrogen) atoms. The van der Waals surface area contributed by atoms with Crippen LogP contribution in [0, 0.1) is 0 Å². The quantitative estimate of drug-likeness (QED) is 0.662. The van der Waals surface area contributed by atoms with E-state index in [0.29, 0.717) is 13.0 Å². The van der Waals surface area contributed by atoms with Gasteiger partial charge in [-0.05, 0) is 44.9 Å². The number of unbranched alkanes of at least 4 members (excludes halogenated alkanes) is 2. The molecule has 1 unspecified atom stereocenters. The maximum atomic E-state index is 11.6. The van der Waals surface area contributed by atoms with Gasteiger partial charge in [-0.15, -0.1) is 0 Å². The molecule has 0 aliphatic heterocycles. The number of hydrogen-bond acceptors (Lipinski definition) is 3. The van der Waals surface area contributed by atoms with Crippen molar-refractivity contribution in [2.24, 2.45) is 5.73 Å². The molecule has 1 atom stereocenters. The maximum absolute atomic E-state index is 11.6. The molecule has 1 rings (SSSR count). The van der Waals surface area contributed by atoms with Gasteiger partial charge in [0.05, 0.1) is 6.26 Å². The van der Waals surface area contributed by atoms with Crippen molar-refractivity contribution in [3.8, 4) is 0 Å². The molecule has 3 N–H and O–H groups in total. The second-order valence-electron chi connectivity index (χ2n) is 4.69. The summed E-state index contributed by atoms with van der Waals surface area (Å²) in [5, 5.41) is 3.01. The third-order valence-electron chi connectivity index (χ3n) is 2.92. The summed E-state index contributed by atoms with van der Waals surface area (Å²) >= 11 is 0. The van der Waals surface area contributed by atoms with E-state index in [1.807, 2.05) is 19.1 Å². The first-order chi connectivity index (χ1) is 8.72. The number of carbonyl (C=O) groups is 1. The van der Waals surface area contributed by atoms with E-state index in [9.17, 15) is 4.79 Å². The molecule has 4 nitrogen and oxygen atoms in total. The van der Waals surface area contributed by atoms with Gasteiger partial charge >= 0.3 is 0 Å². The maximum Gasteiger partial charge on any atom is 0.220 e. The lowest BCUT2D eigenvalue weighted by Crippen LogP contribution is -2.32. The number of aryl methyl sites for hydroxylation is 1. The van der Waals surface area contributed by atoms with Crippen LogP contribution in [0.2, 0.25) is 0 Å². The zero-order chi connectivity index (χ0) is 13.2. The second kappa shape index (κ2) is 8.75. The average molecular weight is 252 g/mol. The van der Waals surface area contributed by atoms with Gasteiger partial charge in [0.25, 0.3) is 0 Å². The molecule has 0 fully saturated rings. The Morgan fingerprint density at radius 2 is 2.28 bits per heavy atom. The summed E-state index contributed by atoms with van der Waals surface area (Å²) in [6.45, 7) is 2.74. The van der Waals surface area contributed by atoms with Gasteiger partial charge in [-0.3, -0.25) is 4.79 Å². The average Bonchev–Trinajstić information content (AvgIpc) is 2.85. The van der Waals surface area contributed by atoms with Crippen LogP contribution in [0.15, 0.2) is 22.8 Å². The number of carbonyl (C=O) groups excluding carboxylic acids is 1. The molecule has 0 bridgehead atoms. The van der Waals surface area contributed by atoms with Gasteiger partial charge in [0.2, 0.25) is 5.91 Å². The molecule has 0 saturated carbocycles. The van der Waals surface area contributed by atoms with Crippen molar-refractivity contribution < 1.29 is 9.21 Å². The molecule has 0 spiro atoms. The predicted molar refractivity (Wildman–Crippen MR) is 72.2 cm³/mol. The van der Waals surface area contributed by atoms with E-state index in [1.165, 1.54) is 0 Å². The van der Waals surface area contributed by atoms with Gasteiger partial charge < -0.3 is 15.5 Å². The minimum absolute atomic E-state index is 0.138. The van der Waals surface area contributed by atoms with E-state index in [2.05, 4.69) is 5.32 Å².